The highest BCUT2D eigenvalue weighted by Gasteiger charge is 2.20. The van der Waals surface area contributed by atoms with E-state index in [0.717, 1.165) is 6.33 Å². The zero-order chi connectivity index (χ0) is 14.4. The number of fused-ring (bicyclic) bond motifs is 1. The van der Waals surface area contributed by atoms with Gasteiger partial charge in [-0.05, 0) is 6.07 Å². The molecule has 3 heterocycles. The Kier molecular flexibility index (Phi) is 2.33. The summed E-state index contributed by atoms with van der Waals surface area (Å²) in [5, 5.41) is 32.3. The largest absolute Gasteiger partial charge is 0.433 e. The summed E-state index contributed by atoms with van der Waals surface area (Å²) in [4.78, 5) is 13.9. The Morgan fingerprint density at radius 2 is 2.25 bits per heavy atom. The highest BCUT2D eigenvalue weighted by atomic mass is 16.6. The lowest BCUT2D eigenvalue weighted by molar-refractivity contribution is -0.401. The number of aromatic nitrogens is 4. The summed E-state index contributed by atoms with van der Waals surface area (Å²) in [5.74, 6) is -0.296. The summed E-state index contributed by atoms with van der Waals surface area (Å²) in [7, 11) is 1.61. The second-order valence-electron chi connectivity index (χ2n) is 4.00. The van der Waals surface area contributed by atoms with Gasteiger partial charge in [-0.25, -0.2) is 9.67 Å². The first-order valence-electron chi connectivity index (χ1n) is 5.42. The summed E-state index contributed by atoms with van der Waals surface area (Å²) in [5.41, 5.74) is 0.322. The predicted octanol–water partition coefficient (Wildman–Crippen LogP) is 0.655. The molecule has 0 aliphatic carbocycles. The van der Waals surface area contributed by atoms with Gasteiger partial charge in [-0.2, -0.15) is 9.83 Å². The first-order valence-corrected chi connectivity index (χ1v) is 5.42. The summed E-state index contributed by atoms with van der Waals surface area (Å²) in [6.45, 7) is 0. The van der Waals surface area contributed by atoms with Crippen LogP contribution in [-0.2, 0) is 7.05 Å². The molecule has 0 saturated heterocycles. The smallest absolute Gasteiger partial charge is 0.425 e. The van der Waals surface area contributed by atoms with Gasteiger partial charge in [0.1, 0.15) is 16.9 Å². The zero-order valence-electron chi connectivity index (χ0n) is 10.1. The molecule has 0 aliphatic heterocycles. The molecule has 2 N–H and O–H groups in total. The monoisotopic (exact) mass is 276 g/mol. The van der Waals surface area contributed by atoms with Gasteiger partial charge in [0, 0.05) is 7.05 Å². The molecule has 3 aromatic rings. The first kappa shape index (κ1) is 11.9. The Labute approximate surface area is 110 Å². The lowest BCUT2D eigenvalue weighted by Gasteiger charge is -1.97. The fraction of sp³-hybridized carbons (Fsp3) is 0.100. The second kappa shape index (κ2) is 3.91. The van der Waals surface area contributed by atoms with Crippen molar-refractivity contribution in [3.05, 3.63) is 34.1 Å². The standard InChI is InChI=1S/C10H8N6O4/c1-14-10-7(9(11)15(17)4-12-10)8(13-14)5-2-3-6(20-5)16(18)19/h2-4,11,17H,1H3. The SMILES string of the molecule is Cn1nc(-c2ccc([N+](=O)[O-])o2)c2c(=N)n(O)cnc21. The van der Waals surface area contributed by atoms with E-state index in [0.29, 0.717) is 10.4 Å². The molecule has 0 unspecified atom stereocenters. The van der Waals surface area contributed by atoms with Crippen molar-refractivity contribution in [3.63, 3.8) is 0 Å². The Morgan fingerprint density at radius 3 is 2.90 bits per heavy atom. The summed E-state index contributed by atoms with van der Waals surface area (Å²) in [6, 6.07) is 2.58. The van der Waals surface area contributed by atoms with Crippen molar-refractivity contribution in [1.29, 1.82) is 5.41 Å². The van der Waals surface area contributed by atoms with Gasteiger partial charge in [-0.1, -0.05) is 0 Å². The van der Waals surface area contributed by atoms with Gasteiger partial charge in [-0.3, -0.25) is 15.5 Å². The van der Waals surface area contributed by atoms with Crippen molar-refractivity contribution >= 4 is 16.9 Å². The maximum Gasteiger partial charge on any atom is 0.433 e. The van der Waals surface area contributed by atoms with Crippen LogP contribution in [0.15, 0.2) is 22.9 Å². The van der Waals surface area contributed by atoms with Crippen LogP contribution in [0.4, 0.5) is 5.88 Å². The minimum absolute atomic E-state index is 0.129. The zero-order valence-corrected chi connectivity index (χ0v) is 10.1. The first-order chi connectivity index (χ1) is 9.49. The van der Waals surface area contributed by atoms with Gasteiger partial charge in [0.05, 0.1) is 11.5 Å². The molecule has 102 valence electrons. The molecule has 0 fully saturated rings. The average Bonchev–Trinajstić information content (AvgIpc) is 2.99. The second-order valence-corrected chi connectivity index (χ2v) is 4.00. The number of hydrogen-bond donors (Lipinski definition) is 2. The van der Waals surface area contributed by atoms with Crippen LogP contribution < -0.4 is 5.49 Å². The molecule has 3 rings (SSSR count). The van der Waals surface area contributed by atoms with E-state index in [1.807, 2.05) is 0 Å². The molecular weight excluding hydrogens is 268 g/mol. The number of nitro groups is 1. The lowest BCUT2D eigenvalue weighted by atomic mass is 10.2. The van der Waals surface area contributed by atoms with Gasteiger partial charge >= 0.3 is 5.88 Å². The Balaban J connectivity index is 2.33. The molecule has 20 heavy (non-hydrogen) atoms. The molecule has 0 radical (unpaired) electrons. The van der Waals surface area contributed by atoms with E-state index in [1.54, 1.807) is 7.05 Å². The van der Waals surface area contributed by atoms with Crippen LogP contribution in [0, 0.1) is 15.5 Å². The molecule has 0 amide bonds. The van der Waals surface area contributed by atoms with E-state index in [4.69, 9.17) is 9.83 Å². The molecule has 0 atom stereocenters. The fourth-order valence-corrected chi connectivity index (χ4v) is 1.89. The van der Waals surface area contributed by atoms with Crippen molar-refractivity contribution in [1.82, 2.24) is 19.5 Å². The molecule has 0 aliphatic rings. The van der Waals surface area contributed by atoms with Crippen LogP contribution in [-0.4, -0.2) is 29.6 Å². The average molecular weight is 276 g/mol. The third-order valence-electron chi connectivity index (χ3n) is 2.78. The van der Waals surface area contributed by atoms with Crippen LogP contribution in [0.25, 0.3) is 22.5 Å². The van der Waals surface area contributed by atoms with Gasteiger partial charge in [0.25, 0.3) is 0 Å². The van der Waals surface area contributed by atoms with Crippen molar-refractivity contribution in [2.24, 2.45) is 7.05 Å². The maximum absolute atomic E-state index is 10.6. The van der Waals surface area contributed by atoms with Crippen LogP contribution in [0.5, 0.6) is 0 Å². The number of rotatable bonds is 2. The summed E-state index contributed by atoms with van der Waals surface area (Å²) >= 11 is 0. The molecule has 0 aromatic carbocycles. The van der Waals surface area contributed by atoms with Crippen LogP contribution in [0.3, 0.4) is 0 Å². The van der Waals surface area contributed by atoms with Gasteiger partial charge in [0.15, 0.2) is 16.9 Å². The summed E-state index contributed by atoms with van der Waals surface area (Å²) < 4.78 is 7.00. The van der Waals surface area contributed by atoms with Crippen LogP contribution in [0.1, 0.15) is 0 Å². The highest BCUT2D eigenvalue weighted by molar-refractivity contribution is 5.88. The van der Waals surface area contributed by atoms with Gasteiger partial charge < -0.3 is 9.62 Å². The minimum Gasteiger partial charge on any atom is -0.425 e. The van der Waals surface area contributed by atoms with E-state index in [-0.39, 0.29) is 22.3 Å². The van der Waals surface area contributed by atoms with Crippen LogP contribution >= 0.6 is 0 Å². The van der Waals surface area contributed by atoms with E-state index < -0.39 is 10.8 Å². The maximum atomic E-state index is 10.6. The Bertz CT molecular complexity index is 889. The predicted molar refractivity (Wildman–Crippen MR) is 63.9 cm³/mol. The molecule has 0 spiro atoms. The number of nitrogens with zero attached hydrogens (tertiary/aromatic N) is 5. The fourth-order valence-electron chi connectivity index (χ4n) is 1.89. The van der Waals surface area contributed by atoms with E-state index in [2.05, 4.69) is 10.1 Å². The van der Waals surface area contributed by atoms with Gasteiger partial charge in [0.2, 0.25) is 0 Å². The number of nitrogens with one attached hydrogen (secondary N) is 1. The lowest BCUT2D eigenvalue weighted by Crippen LogP contribution is -2.18. The van der Waals surface area contributed by atoms with E-state index in [1.165, 1.54) is 16.8 Å². The summed E-state index contributed by atoms with van der Waals surface area (Å²) in [6.07, 6.45) is 1.07. The topological polar surface area (TPSA) is 136 Å². The van der Waals surface area contributed by atoms with Gasteiger partial charge in [-0.15, -0.1) is 0 Å². The Hall–Kier alpha value is -3.17. The highest BCUT2D eigenvalue weighted by Crippen LogP contribution is 2.28. The number of furan rings is 1. The molecule has 3 aromatic heterocycles. The number of aryl methyl sites for hydroxylation is 1. The third-order valence-corrected chi connectivity index (χ3v) is 2.78. The molecular formula is C10H8N6O4. The van der Waals surface area contributed by atoms with Crippen molar-refractivity contribution < 1.29 is 14.5 Å². The minimum atomic E-state index is -0.666. The molecule has 0 saturated carbocycles. The van der Waals surface area contributed by atoms with Crippen molar-refractivity contribution in [3.8, 4) is 11.5 Å². The normalized spacial score (nSPS) is 11.1. The third kappa shape index (κ3) is 1.55. The number of hydrogen-bond acceptors (Lipinski definition) is 7. The Morgan fingerprint density at radius 1 is 1.50 bits per heavy atom. The molecule has 0 bridgehead atoms. The van der Waals surface area contributed by atoms with Crippen molar-refractivity contribution in [2.45, 2.75) is 0 Å². The molecule has 10 nitrogen and oxygen atoms in total. The molecule has 10 heteroatoms. The van der Waals surface area contributed by atoms with E-state index in [9.17, 15) is 15.3 Å². The van der Waals surface area contributed by atoms with Crippen molar-refractivity contribution in [2.75, 3.05) is 0 Å². The van der Waals surface area contributed by atoms with E-state index >= 15 is 0 Å². The van der Waals surface area contributed by atoms with Crippen LogP contribution in [0.2, 0.25) is 0 Å². The quantitative estimate of drug-likeness (QED) is 0.400.